The molecule has 0 aromatic heterocycles. The van der Waals surface area contributed by atoms with Gasteiger partial charge in [-0.05, 0) is 46.2 Å². The minimum absolute atomic E-state index is 0. The van der Waals surface area contributed by atoms with Crippen molar-refractivity contribution >= 4 is 35.8 Å². The molecule has 1 aliphatic heterocycles. The number of hydrogen-bond donors (Lipinski definition) is 2. The van der Waals surface area contributed by atoms with E-state index in [1.165, 1.54) is 32.1 Å². The second-order valence-corrected chi connectivity index (χ2v) is 7.71. The van der Waals surface area contributed by atoms with Gasteiger partial charge in [-0.1, -0.05) is 26.2 Å². The highest BCUT2D eigenvalue weighted by molar-refractivity contribution is 14.0. The zero-order valence-corrected chi connectivity index (χ0v) is 19.8. The number of hydrogen-bond acceptors (Lipinski definition) is 3. The van der Waals surface area contributed by atoms with Gasteiger partial charge in [0.05, 0.1) is 0 Å². The molecule has 0 radical (unpaired) electrons. The minimum atomic E-state index is 0. The SMILES string of the molecule is CCNC(=NCCCN(C)C1CCCCC1)NC1CCN(C(=O)CC)C1.I. The first kappa shape index (κ1) is 24.5. The smallest absolute Gasteiger partial charge is 0.222 e. The second kappa shape index (κ2) is 13.6. The summed E-state index contributed by atoms with van der Waals surface area (Å²) in [6.45, 7) is 8.50. The Kier molecular flexibility index (Phi) is 12.3. The third-order valence-corrected chi connectivity index (χ3v) is 5.67. The zero-order chi connectivity index (χ0) is 18.8. The highest BCUT2D eigenvalue weighted by Crippen LogP contribution is 2.21. The number of nitrogens with one attached hydrogen (secondary N) is 2. The van der Waals surface area contributed by atoms with Crippen molar-refractivity contribution in [1.82, 2.24) is 20.4 Å². The fourth-order valence-corrected chi connectivity index (χ4v) is 4.06. The van der Waals surface area contributed by atoms with E-state index in [0.29, 0.717) is 12.5 Å². The number of carbonyl (C=O) groups excluding carboxylic acids is 1. The summed E-state index contributed by atoms with van der Waals surface area (Å²) >= 11 is 0. The van der Waals surface area contributed by atoms with Gasteiger partial charge >= 0.3 is 0 Å². The Balaban J connectivity index is 0.00000364. The maximum atomic E-state index is 11.8. The molecule has 0 aromatic carbocycles. The van der Waals surface area contributed by atoms with Gasteiger partial charge in [-0.25, -0.2) is 0 Å². The Hall–Kier alpha value is -0.570. The number of guanidine groups is 1. The first-order valence-electron chi connectivity index (χ1n) is 10.7. The third kappa shape index (κ3) is 8.54. The predicted molar refractivity (Wildman–Crippen MR) is 124 cm³/mol. The Labute approximate surface area is 182 Å². The van der Waals surface area contributed by atoms with Crippen LogP contribution in [0.2, 0.25) is 0 Å². The summed E-state index contributed by atoms with van der Waals surface area (Å²) in [4.78, 5) is 21.1. The van der Waals surface area contributed by atoms with Crippen LogP contribution in [0.5, 0.6) is 0 Å². The normalized spacial score (nSPS) is 21.3. The van der Waals surface area contributed by atoms with Gasteiger partial charge in [-0.15, -0.1) is 24.0 Å². The lowest BCUT2D eigenvalue weighted by Crippen LogP contribution is -2.45. The van der Waals surface area contributed by atoms with E-state index in [1.807, 2.05) is 11.8 Å². The Bertz CT molecular complexity index is 454. The maximum Gasteiger partial charge on any atom is 0.222 e. The summed E-state index contributed by atoms with van der Waals surface area (Å²) in [5.74, 6) is 1.14. The molecule has 0 aromatic rings. The largest absolute Gasteiger partial charge is 0.357 e. The molecule has 6 nitrogen and oxygen atoms in total. The van der Waals surface area contributed by atoms with Crippen LogP contribution in [0.4, 0.5) is 0 Å². The first-order chi connectivity index (χ1) is 12.6. The fourth-order valence-electron chi connectivity index (χ4n) is 4.06. The van der Waals surface area contributed by atoms with Crippen LogP contribution in [0.3, 0.4) is 0 Å². The van der Waals surface area contributed by atoms with E-state index in [2.05, 4.69) is 29.5 Å². The Morgan fingerprint density at radius 2 is 1.93 bits per heavy atom. The summed E-state index contributed by atoms with van der Waals surface area (Å²) < 4.78 is 0. The van der Waals surface area contributed by atoms with Crippen LogP contribution < -0.4 is 10.6 Å². The monoisotopic (exact) mass is 493 g/mol. The zero-order valence-electron chi connectivity index (χ0n) is 17.5. The summed E-state index contributed by atoms with van der Waals surface area (Å²) in [7, 11) is 2.26. The van der Waals surface area contributed by atoms with Gasteiger partial charge in [0.15, 0.2) is 5.96 Å². The highest BCUT2D eigenvalue weighted by atomic mass is 127. The molecule has 2 N–H and O–H groups in total. The molecule has 1 amide bonds. The lowest BCUT2D eigenvalue weighted by atomic mass is 9.94. The molecule has 1 aliphatic carbocycles. The van der Waals surface area contributed by atoms with Crippen molar-refractivity contribution in [1.29, 1.82) is 0 Å². The van der Waals surface area contributed by atoms with Crippen molar-refractivity contribution in [2.75, 3.05) is 39.8 Å². The number of aliphatic imine (C=N–C) groups is 1. The molecule has 1 unspecified atom stereocenters. The number of halogens is 1. The van der Waals surface area contributed by atoms with Crippen LogP contribution in [0, 0.1) is 0 Å². The fraction of sp³-hybridized carbons (Fsp3) is 0.900. The number of amides is 1. The summed E-state index contributed by atoms with van der Waals surface area (Å²) in [6, 6.07) is 1.09. The van der Waals surface area contributed by atoms with Gasteiger partial charge in [0.1, 0.15) is 0 Å². The Morgan fingerprint density at radius 1 is 1.19 bits per heavy atom. The van der Waals surface area contributed by atoms with Crippen LogP contribution >= 0.6 is 24.0 Å². The van der Waals surface area contributed by atoms with Gasteiger partial charge in [-0.3, -0.25) is 9.79 Å². The number of rotatable bonds is 8. The quantitative estimate of drug-likeness (QED) is 0.236. The van der Waals surface area contributed by atoms with E-state index in [-0.39, 0.29) is 29.9 Å². The highest BCUT2D eigenvalue weighted by Gasteiger charge is 2.25. The molecular weight excluding hydrogens is 453 g/mol. The molecule has 158 valence electrons. The van der Waals surface area contributed by atoms with Gasteiger partial charge in [0.25, 0.3) is 0 Å². The first-order valence-corrected chi connectivity index (χ1v) is 10.7. The van der Waals surface area contributed by atoms with Gasteiger partial charge in [0, 0.05) is 44.7 Å². The maximum absolute atomic E-state index is 11.8. The van der Waals surface area contributed by atoms with Crippen LogP contribution in [0.15, 0.2) is 4.99 Å². The van der Waals surface area contributed by atoms with Gasteiger partial charge in [0.2, 0.25) is 5.91 Å². The third-order valence-electron chi connectivity index (χ3n) is 5.67. The van der Waals surface area contributed by atoms with Crippen molar-refractivity contribution in [3.8, 4) is 0 Å². The molecule has 27 heavy (non-hydrogen) atoms. The van der Waals surface area contributed by atoms with E-state index < -0.39 is 0 Å². The topological polar surface area (TPSA) is 60.0 Å². The van der Waals surface area contributed by atoms with Crippen LogP contribution in [0.1, 0.15) is 65.2 Å². The molecule has 2 fully saturated rings. The average Bonchev–Trinajstić information content (AvgIpc) is 3.13. The van der Waals surface area contributed by atoms with E-state index in [4.69, 9.17) is 4.99 Å². The molecule has 2 aliphatic rings. The van der Waals surface area contributed by atoms with Gasteiger partial charge < -0.3 is 20.4 Å². The van der Waals surface area contributed by atoms with E-state index in [9.17, 15) is 4.79 Å². The molecule has 0 bridgehead atoms. The van der Waals surface area contributed by atoms with Crippen molar-refractivity contribution in [3.63, 3.8) is 0 Å². The molecule has 7 heteroatoms. The molecule has 1 heterocycles. The number of carbonyl (C=O) groups is 1. The van der Waals surface area contributed by atoms with E-state index in [1.54, 1.807) is 0 Å². The number of likely N-dealkylation sites (tertiary alicyclic amines) is 1. The predicted octanol–water partition coefficient (Wildman–Crippen LogP) is 2.83. The van der Waals surface area contributed by atoms with E-state index in [0.717, 1.165) is 57.6 Å². The summed E-state index contributed by atoms with van der Waals surface area (Å²) in [5.41, 5.74) is 0. The second-order valence-electron chi connectivity index (χ2n) is 7.71. The molecular formula is C20H40IN5O. The summed E-state index contributed by atoms with van der Waals surface area (Å²) in [5, 5.41) is 6.85. The standard InChI is InChI=1S/C20H39N5O.HI/c1-4-19(26)25-15-12-17(16-25)23-20(21-5-2)22-13-9-14-24(3)18-10-7-6-8-11-18;/h17-18H,4-16H2,1-3H3,(H2,21,22,23);1H. The van der Waals surface area contributed by atoms with Crippen molar-refractivity contribution in [2.24, 2.45) is 4.99 Å². The van der Waals surface area contributed by atoms with Crippen LogP contribution in [-0.2, 0) is 4.79 Å². The van der Waals surface area contributed by atoms with Crippen LogP contribution in [-0.4, -0.2) is 73.5 Å². The van der Waals surface area contributed by atoms with Crippen molar-refractivity contribution in [3.05, 3.63) is 0 Å². The van der Waals surface area contributed by atoms with Gasteiger partial charge in [-0.2, -0.15) is 0 Å². The van der Waals surface area contributed by atoms with Crippen molar-refractivity contribution in [2.45, 2.75) is 77.3 Å². The molecule has 0 spiro atoms. The molecule has 1 saturated heterocycles. The molecule has 2 rings (SSSR count). The van der Waals surface area contributed by atoms with E-state index >= 15 is 0 Å². The summed E-state index contributed by atoms with van der Waals surface area (Å²) in [6.07, 6.45) is 9.60. The molecule has 1 saturated carbocycles. The Morgan fingerprint density at radius 3 is 2.59 bits per heavy atom. The minimum Gasteiger partial charge on any atom is -0.357 e. The molecule has 1 atom stereocenters. The van der Waals surface area contributed by atoms with Crippen LogP contribution in [0.25, 0.3) is 0 Å². The number of nitrogens with zero attached hydrogens (tertiary/aromatic N) is 3. The lowest BCUT2D eigenvalue weighted by molar-refractivity contribution is -0.129. The average molecular weight is 493 g/mol. The van der Waals surface area contributed by atoms with Crippen molar-refractivity contribution < 1.29 is 4.79 Å². The lowest BCUT2D eigenvalue weighted by Gasteiger charge is -2.31.